The molecular weight excluding hydrogens is 594 g/mol. The van der Waals surface area contributed by atoms with Gasteiger partial charge in [-0.05, 0) is 55.9 Å². The number of rotatable bonds is 8. The lowest BCUT2D eigenvalue weighted by atomic mass is 9.77. The average Bonchev–Trinajstić information content (AvgIpc) is 3.74. The Bertz CT molecular complexity index is 2120. The molecule has 7 aromatic rings. The second kappa shape index (κ2) is 12.0. The number of hydrogen-bond acceptors (Lipinski definition) is 5. The Kier molecular flexibility index (Phi) is 7.27. The van der Waals surface area contributed by atoms with E-state index in [4.69, 9.17) is 5.21 Å². The monoisotopic (exact) mass is 623 g/mol. The maximum absolute atomic E-state index is 13.0. The van der Waals surface area contributed by atoms with Gasteiger partial charge in [-0.2, -0.15) is 0 Å². The van der Waals surface area contributed by atoms with Crippen molar-refractivity contribution in [2.75, 3.05) is 0 Å². The van der Waals surface area contributed by atoms with Crippen molar-refractivity contribution in [3.05, 3.63) is 197 Å². The van der Waals surface area contributed by atoms with Gasteiger partial charge in [-0.15, -0.1) is 5.10 Å². The Balaban J connectivity index is 1.22. The van der Waals surface area contributed by atoms with Gasteiger partial charge >= 0.3 is 0 Å². The lowest BCUT2D eigenvalue weighted by Crippen LogP contribution is -2.39. The summed E-state index contributed by atoms with van der Waals surface area (Å²) in [7, 11) is 0. The summed E-state index contributed by atoms with van der Waals surface area (Å²) in [6.07, 6.45) is 0. The van der Waals surface area contributed by atoms with Crippen molar-refractivity contribution in [1.29, 1.82) is 0 Å². The van der Waals surface area contributed by atoms with Crippen LogP contribution in [0.2, 0.25) is 0 Å². The summed E-state index contributed by atoms with van der Waals surface area (Å²) in [6.45, 7) is 0.195. The predicted octanol–water partition coefficient (Wildman–Crippen LogP) is 7.64. The molecule has 0 saturated heterocycles. The van der Waals surface area contributed by atoms with Gasteiger partial charge in [0.1, 0.15) is 5.54 Å². The minimum atomic E-state index is -0.883. The number of fused-ring (bicyclic) bond motifs is 1. The highest BCUT2D eigenvalue weighted by Crippen LogP contribution is 2.43. The summed E-state index contributed by atoms with van der Waals surface area (Å²) in [6, 6.07) is 53.9. The molecule has 2 heterocycles. The zero-order valence-corrected chi connectivity index (χ0v) is 25.8. The van der Waals surface area contributed by atoms with Gasteiger partial charge < -0.3 is 0 Å². The van der Waals surface area contributed by atoms with E-state index in [-0.39, 0.29) is 18.4 Å². The molecule has 0 saturated carbocycles. The maximum atomic E-state index is 13.0. The summed E-state index contributed by atoms with van der Waals surface area (Å²) in [4.78, 5) is 27.3. The van der Waals surface area contributed by atoms with E-state index in [1.165, 1.54) is 4.90 Å². The van der Waals surface area contributed by atoms with Crippen molar-refractivity contribution in [3.8, 4) is 22.5 Å². The van der Waals surface area contributed by atoms with E-state index < -0.39 is 5.54 Å². The normalized spacial score (nSPS) is 12.7. The smallest absolute Gasteiger partial charge is 0.261 e. The Morgan fingerprint density at radius 2 is 0.917 bits per heavy atom. The molecule has 0 bridgehead atoms. The van der Waals surface area contributed by atoms with E-state index >= 15 is 0 Å². The minimum absolute atomic E-state index is 0.195. The standard InChI is InChI=1S/C41H29N5O2/c47-39-36-22-12-13-23-37(36)40(48)45(39)28-29-24-26-30(27-25-29)34-20-10-11-21-35(34)38-42-43-44-46(38)41(31-14-4-1-5-15-31,32-16-6-2-7-17-32)33-18-8-3-9-19-33/h1-27H,28H2. The molecule has 0 radical (unpaired) electrons. The Morgan fingerprint density at radius 3 is 1.42 bits per heavy atom. The summed E-state index contributed by atoms with van der Waals surface area (Å²) in [5, 5.41) is 13.6. The highest BCUT2D eigenvalue weighted by Gasteiger charge is 2.42. The van der Waals surface area contributed by atoms with Gasteiger partial charge in [0.25, 0.3) is 11.8 Å². The number of aromatic nitrogens is 4. The fourth-order valence-electron chi connectivity index (χ4n) is 6.77. The van der Waals surface area contributed by atoms with Crippen LogP contribution in [0, 0.1) is 0 Å². The molecule has 6 aromatic carbocycles. The summed E-state index contributed by atoms with van der Waals surface area (Å²) < 4.78 is 1.93. The van der Waals surface area contributed by atoms with Gasteiger partial charge in [-0.3, -0.25) is 14.5 Å². The van der Waals surface area contributed by atoms with Gasteiger partial charge in [0, 0.05) is 5.56 Å². The Labute approximate surface area is 277 Å². The lowest BCUT2D eigenvalue weighted by Gasteiger charge is -2.36. The molecule has 1 aliphatic rings. The van der Waals surface area contributed by atoms with Crippen LogP contribution in [0.3, 0.4) is 0 Å². The summed E-state index contributed by atoms with van der Waals surface area (Å²) in [5.74, 6) is 0.0726. The zero-order chi connectivity index (χ0) is 32.5. The molecule has 7 heteroatoms. The molecule has 7 nitrogen and oxygen atoms in total. The molecule has 0 N–H and O–H groups in total. The summed E-state index contributed by atoms with van der Waals surface area (Å²) >= 11 is 0. The number of nitrogens with zero attached hydrogens (tertiary/aromatic N) is 5. The second-order valence-electron chi connectivity index (χ2n) is 11.7. The highest BCUT2D eigenvalue weighted by molar-refractivity contribution is 6.21. The zero-order valence-electron chi connectivity index (χ0n) is 25.8. The molecule has 0 fully saturated rings. The van der Waals surface area contributed by atoms with Crippen LogP contribution in [0.25, 0.3) is 22.5 Å². The van der Waals surface area contributed by atoms with Crippen LogP contribution in [-0.2, 0) is 12.1 Å². The van der Waals surface area contributed by atoms with E-state index in [0.29, 0.717) is 17.0 Å². The Hall–Kier alpha value is -6.47. The second-order valence-corrected chi connectivity index (χ2v) is 11.7. The number of tetrazole rings is 1. The van der Waals surface area contributed by atoms with E-state index in [1.807, 2.05) is 102 Å². The van der Waals surface area contributed by atoms with Crippen molar-refractivity contribution >= 4 is 11.8 Å². The van der Waals surface area contributed by atoms with Gasteiger partial charge in [0.2, 0.25) is 0 Å². The number of carbonyl (C=O) groups is 2. The van der Waals surface area contributed by atoms with Crippen LogP contribution < -0.4 is 0 Å². The molecule has 8 rings (SSSR count). The minimum Gasteiger partial charge on any atom is -0.270 e. The first-order valence-electron chi connectivity index (χ1n) is 15.8. The topological polar surface area (TPSA) is 81.0 Å². The quantitative estimate of drug-likeness (QED) is 0.128. The van der Waals surface area contributed by atoms with E-state index in [1.54, 1.807) is 24.3 Å². The molecule has 48 heavy (non-hydrogen) atoms. The van der Waals surface area contributed by atoms with E-state index in [2.05, 4.69) is 52.8 Å². The van der Waals surface area contributed by atoms with Crippen molar-refractivity contribution in [1.82, 2.24) is 25.1 Å². The molecule has 0 spiro atoms. The third kappa shape index (κ3) is 4.72. The fraction of sp³-hybridized carbons (Fsp3) is 0.0488. The van der Waals surface area contributed by atoms with Crippen LogP contribution in [0.15, 0.2) is 164 Å². The number of benzene rings is 6. The molecule has 0 atom stereocenters. The van der Waals surface area contributed by atoms with Gasteiger partial charge in [-0.1, -0.05) is 152 Å². The van der Waals surface area contributed by atoms with Gasteiger partial charge in [0.05, 0.1) is 17.7 Å². The molecule has 230 valence electrons. The van der Waals surface area contributed by atoms with Crippen molar-refractivity contribution in [3.63, 3.8) is 0 Å². The number of imide groups is 1. The first-order valence-corrected chi connectivity index (χ1v) is 15.8. The van der Waals surface area contributed by atoms with Crippen molar-refractivity contribution in [2.24, 2.45) is 0 Å². The van der Waals surface area contributed by atoms with Gasteiger partial charge in [0.15, 0.2) is 5.82 Å². The predicted molar refractivity (Wildman–Crippen MR) is 184 cm³/mol. The van der Waals surface area contributed by atoms with Crippen LogP contribution in [0.1, 0.15) is 43.0 Å². The highest BCUT2D eigenvalue weighted by atomic mass is 16.2. The summed E-state index contributed by atoms with van der Waals surface area (Å²) in [5.41, 5.74) is 6.69. The molecular formula is C41H29N5O2. The lowest BCUT2D eigenvalue weighted by molar-refractivity contribution is 0.0642. The molecule has 2 amide bonds. The number of amides is 2. The first kappa shape index (κ1) is 29.0. The van der Waals surface area contributed by atoms with Crippen LogP contribution in [0.4, 0.5) is 0 Å². The molecule has 1 aromatic heterocycles. The van der Waals surface area contributed by atoms with E-state index in [9.17, 15) is 9.59 Å². The molecule has 0 aliphatic carbocycles. The Morgan fingerprint density at radius 1 is 0.479 bits per heavy atom. The SMILES string of the molecule is O=C1c2ccccc2C(=O)N1Cc1ccc(-c2ccccc2-c2nnnn2C(c2ccccc2)(c2ccccc2)c2ccccc2)cc1. The first-order chi connectivity index (χ1) is 23.7. The molecule has 1 aliphatic heterocycles. The van der Waals surface area contributed by atoms with Gasteiger partial charge in [-0.25, -0.2) is 4.68 Å². The number of hydrogen-bond donors (Lipinski definition) is 0. The largest absolute Gasteiger partial charge is 0.270 e. The van der Waals surface area contributed by atoms with E-state index in [0.717, 1.165) is 38.9 Å². The third-order valence-electron chi connectivity index (χ3n) is 9.01. The number of carbonyl (C=O) groups excluding carboxylic acids is 2. The fourth-order valence-corrected chi connectivity index (χ4v) is 6.77. The van der Waals surface area contributed by atoms with Crippen molar-refractivity contribution in [2.45, 2.75) is 12.1 Å². The average molecular weight is 624 g/mol. The van der Waals surface area contributed by atoms with Crippen LogP contribution in [-0.4, -0.2) is 36.9 Å². The maximum Gasteiger partial charge on any atom is 0.261 e. The van der Waals surface area contributed by atoms with Crippen LogP contribution in [0.5, 0.6) is 0 Å². The van der Waals surface area contributed by atoms with Crippen LogP contribution >= 0.6 is 0 Å². The molecule has 0 unspecified atom stereocenters. The van der Waals surface area contributed by atoms with Crippen molar-refractivity contribution < 1.29 is 9.59 Å². The third-order valence-corrected chi connectivity index (χ3v) is 9.01.